The molecule has 0 aromatic heterocycles. The molecule has 0 spiro atoms. The second kappa shape index (κ2) is 4.65. The lowest BCUT2D eigenvalue weighted by Crippen LogP contribution is -2.34. The van der Waals surface area contributed by atoms with Crippen LogP contribution in [-0.2, 0) is 11.2 Å². The van der Waals surface area contributed by atoms with Gasteiger partial charge >= 0.3 is 0 Å². The lowest BCUT2D eigenvalue weighted by molar-refractivity contribution is 0.0116. The SMILES string of the molecule is CC1(O)CCN(CC2OCCc3ccccc32)C1. The molecule has 18 heavy (non-hydrogen) atoms. The standard InChI is InChI=1S/C15H21NO2/c1-15(17)7-8-16(11-15)10-14-13-5-3-2-4-12(13)6-9-18-14/h2-5,14,17H,6-11H2,1H3. The Kier molecular flexibility index (Phi) is 3.14. The van der Waals surface area contributed by atoms with Gasteiger partial charge in [-0.2, -0.15) is 0 Å². The van der Waals surface area contributed by atoms with Gasteiger partial charge in [0, 0.05) is 19.6 Å². The van der Waals surface area contributed by atoms with E-state index in [1.54, 1.807) is 0 Å². The van der Waals surface area contributed by atoms with Crippen LogP contribution in [0.1, 0.15) is 30.6 Å². The van der Waals surface area contributed by atoms with Crippen molar-refractivity contribution in [1.82, 2.24) is 4.90 Å². The molecule has 0 bridgehead atoms. The second-order valence-corrected chi connectivity index (χ2v) is 5.79. The van der Waals surface area contributed by atoms with E-state index in [1.165, 1.54) is 11.1 Å². The first-order valence-electron chi connectivity index (χ1n) is 6.78. The minimum atomic E-state index is -0.520. The van der Waals surface area contributed by atoms with Crippen molar-refractivity contribution in [2.24, 2.45) is 0 Å². The van der Waals surface area contributed by atoms with Crippen molar-refractivity contribution in [3.05, 3.63) is 35.4 Å². The normalized spacial score (nSPS) is 32.4. The van der Waals surface area contributed by atoms with Gasteiger partial charge in [0.2, 0.25) is 0 Å². The molecule has 0 aliphatic carbocycles. The zero-order chi connectivity index (χ0) is 12.6. The van der Waals surface area contributed by atoms with E-state index in [1.807, 2.05) is 6.92 Å². The van der Waals surface area contributed by atoms with E-state index in [9.17, 15) is 5.11 Å². The van der Waals surface area contributed by atoms with Gasteiger partial charge in [-0.15, -0.1) is 0 Å². The van der Waals surface area contributed by atoms with E-state index in [0.717, 1.165) is 39.1 Å². The molecular weight excluding hydrogens is 226 g/mol. The fourth-order valence-corrected chi connectivity index (χ4v) is 3.06. The van der Waals surface area contributed by atoms with Crippen molar-refractivity contribution in [2.45, 2.75) is 31.5 Å². The second-order valence-electron chi connectivity index (χ2n) is 5.79. The Morgan fingerprint density at radius 2 is 2.28 bits per heavy atom. The number of aliphatic hydroxyl groups is 1. The molecule has 3 nitrogen and oxygen atoms in total. The number of β-amino-alcohol motifs (C(OH)–C–C–N with tert-alkyl or cyclic N) is 1. The monoisotopic (exact) mass is 247 g/mol. The summed E-state index contributed by atoms with van der Waals surface area (Å²) in [4.78, 5) is 2.31. The van der Waals surface area contributed by atoms with E-state index >= 15 is 0 Å². The highest BCUT2D eigenvalue weighted by Gasteiger charge is 2.33. The minimum Gasteiger partial charge on any atom is -0.389 e. The molecule has 0 amide bonds. The van der Waals surface area contributed by atoms with Crippen LogP contribution in [0.4, 0.5) is 0 Å². The Balaban J connectivity index is 1.71. The van der Waals surface area contributed by atoms with Gasteiger partial charge in [-0.25, -0.2) is 0 Å². The average molecular weight is 247 g/mol. The summed E-state index contributed by atoms with van der Waals surface area (Å²) in [6.07, 6.45) is 2.05. The van der Waals surface area contributed by atoms with Gasteiger partial charge < -0.3 is 9.84 Å². The first kappa shape index (κ1) is 12.2. The Morgan fingerprint density at radius 3 is 3.06 bits per heavy atom. The third-order valence-electron chi connectivity index (χ3n) is 4.05. The van der Waals surface area contributed by atoms with Crippen LogP contribution >= 0.6 is 0 Å². The average Bonchev–Trinajstić information content (AvgIpc) is 2.69. The number of hydrogen-bond acceptors (Lipinski definition) is 3. The van der Waals surface area contributed by atoms with Crippen LogP contribution in [0.25, 0.3) is 0 Å². The number of likely N-dealkylation sites (tertiary alicyclic amines) is 1. The number of nitrogens with zero attached hydrogens (tertiary/aromatic N) is 1. The van der Waals surface area contributed by atoms with Gasteiger partial charge in [-0.3, -0.25) is 4.90 Å². The molecule has 3 rings (SSSR count). The fourth-order valence-electron chi connectivity index (χ4n) is 3.06. The van der Waals surface area contributed by atoms with Crippen LogP contribution in [0.3, 0.4) is 0 Å². The number of hydrogen-bond donors (Lipinski definition) is 1. The van der Waals surface area contributed by atoms with Gasteiger partial charge in [-0.05, 0) is 30.9 Å². The molecule has 1 saturated heterocycles. The molecular formula is C15H21NO2. The van der Waals surface area contributed by atoms with Gasteiger partial charge in [0.15, 0.2) is 0 Å². The van der Waals surface area contributed by atoms with Crippen LogP contribution in [0.15, 0.2) is 24.3 Å². The zero-order valence-corrected chi connectivity index (χ0v) is 10.9. The molecule has 1 fully saturated rings. The molecule has 0 radical (unpaired) electrons. The van der Waals surface area contributed by atoms with Gasteiger partial charge in [0.05, 0.1) is 18.3 Å². The number of rotatable bonds is 2. The summed E-state index contributed by atoms with van der Waals surface area (Å²) in [7, 11) is 0. The summed E-state index contributed by atoms with van der Waals surface area (Å²) in [6.45, 7) is 5.35. The first-order chi connectivity index (χ1) is 8.64. The lowest BCUT2D eigenvalue weighted by atomic mass is 9.97. The van der Waals surface area contributed by atoms with Crippen LogP contribution in [0, 0.1) is 0 Å². The summed E-state index contributed by atoms with van der Waals surface area (Å²) in [6, 6.07) is 8.56. The molecule has 1 aromatic rings. The summed E-state index contributed by atoms with van der Waals surface area (Å²) in [5.41, 5.74) is 2.23. The first-order valence-corrected chi connectivity index (χ1v) is 6.78. The molecule has 2 atom stereocenters. The zero-order valence-electron chi connectivity index (χ0n) is 10.9. The molecule has 1 N–H and O–H groups in total. The van der Waals surface area contributed by atoms with Crippen LogP contribution in [0.2, 0.25) is 0 Å². The van der Waals surface area contributed by atoms with Crippen molar-refractivity contribution in [2.75, 3.05) is 26.2 Å². The van der Waals surface area contributed by atoms with Crippen molar-refractivity contribution >= 4 is 0 Å². The van der Waals surface area contributed by atoms with Crippen LogP contribution < -0.4 is 0 Å². The third kappa shape index (κ3) is 2.44. The minimum absolute atomic E-state index is 0.170. The van der Waals surface area contributed by atoms with Crippen LogP contribution in [-0.4, -0.2) is 41.8 Å². The summed E-state index contributed by atoms with van der Waals surface area (Å²) in [5.74, 6) is 0. The van der Waals surface area contributed by atoms with Crippen molar-refractivity contribution in [3.8, 4) is 0 Å². The molecule has 2 aliphatic rings. The Bertz CT molecular complexity index is 430. The molecule has 1 aromatic carbocycles. The van der Waals surface area contributed by atoms with E-state index in [4.69, 9.17) is 4.74 Å². The quantitative estimate of drug-likeness (QED) is 0.864. The Morgan fingerprint density at radius 1 is 1.44 bits per heavy atom. The smallest absolute Gasteiger partial charge is 0.0954 e. The summed E-state index contributed by atoms with van der Waals surface area (Å²) >= 11 is 0. The number of fused-ring (bicyclic) bond motifs is 1. The predicted molar refractivity (Wildman–Crippen MR) is 70.5 cm³/mol. The highest BCUT2D eigenvalue weighted by Crippen LogP contribution is 2.30. The maximum absolute atomic E-state index is 10.0. The van der Waals surface area contributed by atoms with Gasteiger partial charge in [-0.1, -0.05) is 24.3 Å². The summed E-state index contributed by atoms with van der Waals surface area (Å²) in [5, 5.41) is 10.0. The number of benzene rings is 1. The fraction of sp³-hybridized carbons (Fsp3) is 0.600. The maximum Gasteiger partial charge on any atom is 0.0954 e. The van der Waals surface area contributed by atoms with E-state index in [-0.39, 0.29) is 6.10 Å². The third-order valence-corrected chi connectivity index (χ3v) is 4.05. The number of ether oxygens (including phenoxy) is 1. The summed E-state index contributed by atoms with van der Waals surface area (Å²) < 4.78 is 5.91. The van der Waals surface area contributed by atoms with Crippen LogP contribution in [0.5, 0.6) is 0 Å². The topological polar surface area (TPSA) is 32.7 Å². The maximum atomic E-state index is 10.0. The van der Waals surface area contributed by atoms with E-state index < -0.39 is 5.60 Å². The Labute approximate surface area is 108 Å². The molecule has 2 unspecified atom stereocenters. The van der Waals surface area contributed by atoms with Crippen molar-refractivity contribution in [1.29, 1.82) is 0 Å². The largest absolute Gasteiger partial charge is 0.389 e. The van der Waals surface area contributed by atoms with Gasteiger partial charge in [0.25, 0.3) is 0 Å². The molecule has 2 heterocycles. The Hall–Kier alpha value is -0.900. The lowest BCUT2D eigenvalue weighted by Gasteiger charge is -2.30. The van der Waals surface area contributed by atoms with Crippen molar-refractivity contribution in [3.63, 3.8) is 0 Å². The molecule has 2 aliphatic heterocycles. The molecule has 0 saturated carbocycles. The highest BCUT2D eigenvalue weighted by molar-refractivity contribution is 5.31. The van der Waals surface area contributed by atoms with Gasteiger partial charge in [0.1, 0.15) is 0 Å². The molecule has 98 valence electrons. The van der Waals surface area contributed by atoms with E-state index in [0.29, 0.717) is 0 Å². The molecule has 3 heteroatoms. The van der Waals surface area contributed by atoms with Crippen molar-refractivity contribution < 1.29 is 9.84 Å². The highest BCUT2D eigenvalue weighted by atomic mass is 16.5. The predicted octanol–water partition coefficient (Wildman–Crippen LogP) is 1.76. The van der Waals surface area contributed by atoms with E-state index in [2.05, 4.69) is 29.2 Å².